The van der Waals surface area contributed by atoms with E-state index < -0.39 is 0 Å². The second-order valence-corrected chi connectivity index (χ2v) is 7.12. The summed E-state index contributed by atoms with van der Waals surface area (Å²) < 4.78 is 19.4. The van der Waals surface area contributed by atoms with E-state index in [1.165, 1.54) is 28.5 Å². The van der Waals surface area contributed by atoms with Crippen molar-refractivity contribution in [1.29, 1.82) is 0 Å². The lowest BCUT2D eigenvalue weighted by Crippen LogP contribution is -2.25. The molecule has 4 rings (SSSR count). The van der Waals surface area contributed by atoms with Gasteiger partial charge in [0.2, 0.25) is 5.13 Å². The van der Waals surface area contributed by atoms with Crippen molar-refractivity contribution in [2.45, 2.75) is 0 Å². The molecule has 5 nitrogen and oxygen atoms in total. The quantitative estimate of drug-likeness (QED) is 0.342. The molecular formula is C22H16FN3O2S. The van der Waals surface area contributed by atoms with Crippen molar-refractivity contribution in [3.8, 4) is 5.75 Å². The van der Waals surface area contributed by atoms with Gasteiger partial charge in [-0.15, -0.1) is 0 Å². The zero-order valence-corrected chi connectivity index (χ0v) is 16.3. The molecule has 7 heteroatoms. The minimum absolute atomic E-state index is 0.348. The van der Waals surface area contributed by atoms with Gasteiger partial charge in [-0.25, -0.2) is 9.37 Å². The molecule has 0 saturated carbocycles. The Morgan fingerprint density at radius 3 is 2.59 bits per heavy atom. The number of amides is 1. The number of methoxy groups -OCH3 is 1. The van der Waals surface area contributed by atoms with Crippen LogP contribution in [0.3, 0.4) is 0 Å². The highest BCUT2D eigenvalue weighted by Gasteiger charge is 2.21. The molecule has 144 valence electrons. The first-order valence-electron chi connectivity index (χ1n) is 8.78. The summed E-state index contributed by atoms with van der Waals surface area (Å²) in [5.74, 6) is -0.0516. The van der Waals surface area contributed by atoms with E-state index in [-0.39, 0.29) is 11.7 Å². The van der Waals surface area contributed by atoms with Crippen LogP contribution in [0.2, 0.25) is 0 Å². The fourth-order valence-corrected chi connectivity index (χ4v) is 3.63. The normalized spacial score (nSPS) is 11.1. The fraction of sp³-hybridized carbons (Fsp3) is 0.0455. The van der Waals surface area contributed by atoms with Crippen LogP contribution in [0.5, 0.6) is 5.75 Å². The van der Waals surface area contributed by atoms with Crippen molar-refractivity contribution >= 4 is 38.8 Å². The van der Waals surface area contributed by atoms with E-state index in [9.17, 15) is 9.18 Å². The Hall–Kier alpha value is -3.58. The van der Waals surface area contributed by atoms with Gasteiger partial charge in [0, 0.05) is 5.56 Å². The fourth-order valence-electron chi connectivity index (χ4n) is 2.68. The van der Waals surface area contributed by atoms with Gasteiger partial charge < -0.3 is 4.74 Å². The van der Waals surface area contributed by atoms with Crippen LogP contribution in [-0.2, 0) is 0 Å². The molecule has 1 amide bonds. The first-order valence-corrected chi connectivity index (χ1v) is 9.59. The molecule has 29 heavy (non-hydrogen) atoms. The summed E-state index contributed by atoms with van der Waals surface area (Å²) in [6.45, 7) is 0. The number of ether oxygens (including phenoxy) is 1. The summed E-state index contributed by atoms with van der Waals surface area (Å²) in [5, 5.41) is 5.98. The molecule has 0 aliphatic heterocycles. The SMILES string of the molecule is COc1ccc(C(=O)N(/N=C/c2ccccc2)c2nc3ccc(F)cc3s2)cc1. The maximum absolute atomic E-state index is 13.6. The van der Waals surface area contributed by atoms with Crippen LogP contribution in [0.25, 0.3) is 10.2 Å². The lowest BCUT2D eigenvalue weighted by Gasteiger charge is -2.14. The Morgan fingerprint density at radius 2 is 1.86 bits per heavy atom. The lowest BCUT2D eigenvalue weighted by molar-refractivity contribution is 0.0988. The van der Waals surface area contributed by atoms with Crippen LogP contribution in [0.4, 0.5) is 9.52 Å². The molecule has 0 aliphatic carbocycles. The highest BCUT2D eigenvalue weighted by Crippen LogP contribution is 2.30. The standard InChI is InChI=1S/C22H16FN3O2S/c1-28-18-10-7-16(8-11-18)21(27)26(24-14-15-5-3-2-4-6-15)22-25-19-12-9-17(23)13-20(19)29-22/h2-14H,1H3/b24-14+. The molecule has 0 bridgehead atoms. The zero-order valence-electron chi connectivity index (χ0n) is 15.4. The third-order valence-electron chi connectivity index (χ3n) is 4.17. The van der Waals surface area contributed by atoms with Crippen molar-refractivity contribution < 1.29 is 13.9 Å². The molecule has 1 aromatic heterocycles. The first-order chi connectivity index (χ1) is 14.1. The molecule has 1 heterocycles. The Labute approximate surface area is 170 Å². The number of hydrogen-bond acceptors (Lipinski definition) is 5. The maximum atomic E-state index is 13.6. The minimum Gasteiger partial charge on any atom is -0.497 e. The third-order valence-corrected chi connectivity index (χ3v) is 5.17. The van der Waals surface area contributed by atoms with Crippen LogP contribution in [0, 0.1) is 5.82 Å². The van der Waals surface area contributed by atoms with E-state index in [0.29, 0.717) is 26.7 Å². The van der Waals surface area contributed by atoms with Crippen molar-refractivity contribution in [2.75, 3.05) is 12.1 Å². The highest BCUT2D eigenvalue weighted by atomic mass is 32.1. The number of thiazole rings is 1. The molecule has 0 saturated heterocycles. The van der Waals surface area contributed by atoms with Gasteiger partial charge in [-0.05, 0) is 48.0 Å². The van der Waals surface area contributed by atoms with Gasteiger partial charge in [-0.3, -0.25) is 4.79 Å². The number of carbonyl (C=O) groups excluding carboxylic acids is 1. The summed E-state index contributed by atoms with van der Waals surface area (Å²) >= 11 is 1.20. The maximum Gasteiger partial charge on any atom is 0.280 e. The van der Waals surface area contributed by atoms with Gasteiger partial charge in [0.1, 0.15) is 11.6 Å². The number of halogens is 1. The van der Waals surface area contributed by atoms with Crippen LogP contribution >= 0.6 is 11.3 Å². The molecule has 4 aromatic rings. The number of aromatic nitrogens is 1. The zero-order chi connectivity index (χ0) is 20.2. The van der Waals surface area contributed by atoms with Crippen molar-refractivity contribution in [3.63, 3.8) is 0 Å². The Bertz CT molecular complexity index is 1170. The molecule has 0 N–H and O–H groups in total. The second kappa shape index (κ2) is 8.20. The van der Waals surface area contributed by atoms with E-state index in [0.717, 1.165) is 5.56 Å². The number of anilines is 1. The summed E-state index contributed by atoms with van der Waals surface area (Å²) in [6, 6.07) is 20.5. The van der Waals surface area contributed by atoms with E-state index in [4.69, 9.17) is 4.74 Å². The van der Waals surface area contributed by atoms with Gasteiger partial charge in [0.15, 0.2) is 0 Å². The lowest BCUT2D eigenvalue weighted by atomic mass is 10.2. The smallest absolute Gasteiger partial charge is 0.280 e. The summed E-state index contributed by atoms with van der Waals surface area (Å²) in [5.41, 5.74) is 1.88. The van der Waals surface area contributed by atoms with Crippen molar-refractivity contribution in [3.05, 3.63) is 89.7 Å². The Balaban J connectivity index is 1.74. The molecule has 3 aromatic carbocycles. The number of hydrazone groups is 1. The summed E-state index contributed by atoms with van der Waals surface area (Å²) in [7, 11) is 1.56. The monoisotopic (exact) mass is 405 g/mol. The van der Waals surface area contributed by atoms with Crippen LogP contribution in [-0.4, -0.2) is 24.2 Å². The number of hydrogen-bond donors (Lipinski definition) is 0. The highest BCUT2D eigenvalue weighted by molar-refractivity contribution is 7.22. The van der Waals surface area contributed by atoms with Gasteiger partial charge >= 0.3 is 0 Å². The molecule has 0 atom stereocenters. The van der Waals surface area contributed by atoms with Crippen molar-refractivity contribution in [1.82, 2.24) is 4.98 Å². The average molecular weight is 405 g/mol. The van der Waals surface area contributed by atoms with Gasteiger partial charge in [-0.2, -0.15) is 10.1 Å². The van der Waals surface area contributed by atoms with Gasteiger partial charge in [0.05, 0.1) is 23.5 Å². The summed E-state index contributed by atoms with van der Waals surface area (Å²) in [6.07, 6.45) is 1.59. The Kier molecular flexibility index (Phi) is 5.31. The molecule has 0 fully saturated rings. The molecular weight excluding hydrogens is 389 g/mol. The van der Waals surface area contributed by atoms with E-state index in [1.807, 2.05) is 30.3 Å². The van der Waals surface area contributed by atoms with Crippen molar-refractivity contribution in [2.24, 2.45) is 5.10 Å². The molecule has 0 radical (unpaired) electrons. The van der Waals surface area contributed by atoms with Crippen LogP contribution < -0.4 is 9.75 Å². The number of fused-ring (bicyclic) bond motifs is 1. The average Bonchev–Trinajstić information content (AvgIpc) is 3.17. The number of carbonyl (C=O) groups is 1. The van der Waals surface area contributed by atoms with E-state index in [2.05, 4.69) is 10.1 Å². The molecule has 0 unspecified atom stereocenters. The van der Waals surface area contributed by atoms with E-state index in [1.54, 1.807) is 43.7 Å². The number of nitrogens with zero attached hydrogens (tertiary/aromatic N) is 3. The number of benzene rings is 3. The van der Waals surface area contributed by atoms with Gasteiger partial charge in [-0.1, -0.05) is 41.7 Å². The number of rotatable bonds is 5. The van der Waals surface area contributed by atoms with Crippen LogP contribution in [0.15, 0.2) is 77.9 Å². The largest absolute Gasteiger partial charge is 0.497 e. The van der Waals surface area contributed by atoms with Crippen LogP contribution in [0.1, 0.15) is 15.9 Å². The first kappa shape index (κ1) is 18.8. The van der Waals surface area contributed by atoms with E-state index >= 15 is 0 Å². The predicted octanol–water partition coefficient (Wildman–Crippen LogP) is 5.12. The molecule has 0 spiro atoms. The van der Waals surface area contributed by atoms with Gasteiger partial charge in [0.25, 0.3) is 5.91 Å². The third kappa shape index (κ3) is 4.14. The topological polar surface area (TPSA) is 54.8 Å². The molecule has 0 aliphatic rings. The Morgan fingerprint density at radius 1 is 1.10 bits per heavy atom. The predicted molar refractivity (Wildman–Crippen MR) is 113 cm³/mol. The minimum atomic E-state index is -0.353. The second-order valence-electron chi connectivity index (χ2n) is 6.11. The summed E-state index contributed by atoms with van der Waals surface area (Å²) in [4.78, 5) is 17.6.